The summed E-state index contributed by atoms with van der Waals surface area (Å²) in [7, 11) is 0. The fourth-order valence-electron chi connectivity index (χ4n) is 1.40. The maximum atomic E-state index is 11.0. The van der Waals surface area contributed by atoms with Gasteiger partial charge in [0.2, 0.25) is 0 Å². The van der Waals surface area contributed by atoms with Gasteiger partial charge >= 0.3 is 12.1 Å². The summed E-state index contributed by atoms with van der Waals surface area (Å²) in [6, 6.07) is 7.69. The van der Waals surface area contributed by atoms with E-state index in [9.17, 15) is 9.59 Å². The summed E-state index contributed by atoms with van der Waals surface area (Å²) in [5.41, 5.74) is 0.739. The second-order valence-corrected chi connectivity index (χ2v) is 3.80. The molecule has 0 unspecified atom stereocenters. The second-order valence-electron chi connectivity index (χ2n) is 3.43. The van der Waals surface area contributed by atoms with E-state index >= 15 is 0 Å². The molecule has 92 valence electrons. The van der Waals surface area contributed by atoms with Gasteiger partial charge in [-0.25, -0.2) is 9.59 Å². The maximum absolute atomic E-state index is 11.0. The number of carboxylic acid groups (broad SMARTS) is 2. The number of nitrogens with zero attached hydrogens (tertiary/aromatic N) is 1. The van der Waals surface area contributed by atoms with E-state index in [1.54, 1.807) is 24.3 Å². The molecule has 0 bridgehead atoms. The Balaban J connectivity index is 2.87. The molecule has 1 aromatic carbocycles. The molecule has 1 rings (SSSR count). The highest BCUT2D eigenvalue weighted by molar-refractivity contribution is 7.80. The van der Waals surface area contributed by atoms with Crippen molar-refractivity contribution in [1.82, 2.24) is 4.90 Å². The third-order valence-electron chi connectivity index (χ3n) is 2.28. The van der Waals surface area contributed by atoms with Gasteiger partial charge in [0, 0.05) is 12.3 Å². The molecule has 0 saturated carbocycles. The largest absolute Gasteiger partial charge is 0.480 e. The van der Waals surface area contributed by atoms with Crippen LogP contribution in [0, 0.1) is 0 Å². The van der Waals surface area contributed by atoms with Crippen molar-refractivity contribution in [2.24, 2.45) is 0 Å². The zero-order valence-electron chi connectivity index (χ0n) is 8.98. The lowest BCUT2D eigenvalue weighted by molar-refractivity contribution is -0.141. The summed E-state index contributed by atoms with van der Waals surface area (Å²) in [5.74, 6) is -1.26. The predicted molar refractivity (Wildman–Crippen MR) is 65.3 cm³/mol. The van der Waals surface area contributed by atoms with E-state index < -0.39 is 18.1 Å². The minimum Gasteiger partial charge on any atom is -0.480 e. The van der Waals surface area contributed by atoms with Gasteiger partial charge in [-0.2, -0.15) is 12.6 Å². The zero-order valence-corrected chi connectivity index (χ0v) is 9.88. The first-order valence-corrected chi connectivity index (χ1v) is 5.56. The molecule has 0 aromatic heterocycles. The van der Waals surface area contributed by atoms with Crippen LogP contribution in [0.1, 0.15) is 5.56 Å². The highest BCUT2D eigenvalue weighted by Crippen LogP contribution is 2.10. The minimum atomic E-state index is -1.27. The van der Waals surface area contributed by atoms with Gasteiger partial charge in [-0.3, -0.25) is 4.90 Å². The van der Waals surface area contributed by atoms with Crippen LogP contribution in [0.25, 0.3) is 0 Å². The molecule has 1 amide bonds. The molecule has 0 aliphatic carbocycles. The Morgan fingerprint density at radius 1 is 1.24 bits per heavy atom. The zero-order chi connectivity index (χ0) is 12.8. The van der Waals surface area contributed by atoms with Gasteiger partial charge in [0.15, 0.2) is 0 Å². The van der Waals surface area contributed by atoms with E-state index in [1.165, 1.54) is 0 Å². The monoisotopic (exact) mass is 255 g/mol. The first kappa shape index (κ1) is 13.4. The van der Waals surface area contributed by atoms with Crippen molar-refractivity contribution in [1.29, 1.82) is 0 Å². The fraction of sp³-hybridized carbons (Fsp3) is 0.273. The Hall–Kier alpha value is -1.69. The van der Waals surface area contributed by atoms with Crippen molar-refractivity contribution in [3.05, 3.63) is 35.9 Å². The van der Waals surface area contributed by atoms with Crippen molar-refractivity contribution >= 4 is 24.7 Å². The molecule has 0 saturated heterocycles. The van der Waals surface area contributed by atoms with Crippen LogP contribution in [0.2, 0.25) is 0 Å². The van der Waals surface area contributed by atoms with Crippen molar-refractivity contribution in [3.63, 3.8) is 0 Å². The van der Waals surface area contributed by atoms with Gasteiger partial charge in [0.25, 0.3) is 0 Å². The van der Waals surface area contributed by atoms with E-state index in [4.69, 9.17) is 10.2 Å². The molecule has 5 nitrogen and oxygen atoms in total. The van der Waals surface area contributed by atoms with Crippen LogP contribution in [-0.4, -0.2) is 39.0 Å². The van der Waals surface area contributed by atoms with Gasteiger partial charge < -0.3 is 10.2 Å². The van der Waals surface area contributed by atoms with Gasteiger partial charge in [-0.15, -0.1) is 0 Å². The highest BCUT2D eigenvalue weighted by atomic mass is 32.1. The lowest BCUT2D eigenvalue weighted by atomic mass is 10.2. The first-order chi connectivity index (χ1) is 8.06. The van der Waals surface area contributed by atoms with Gasteiger partial charge in [0.1, 0.15) is 6.04 Å². The third-order valence-corrected chi connectivity index (χ3v) is 2.62. The van der Waals surface area contributed by atoms with Crippen molar-refractivity contribution < 1.29 is 19.8 Å². The van der Waals surface area contributed by atoms with Crippen LogP contribution in [0.3, 0.4) is 0 Å². The quantitative estimate of drug-likeness (QED) is 0.698. The van der Waals surface area contributed by atoms with Gasteiger partial charge in [0.05, 0.1) is 0 Å². The molecule has 6 heteroatoms. The van der Waals surface area contributed by atoms with Crippen LogP contribution in [-0.2, 0) is 11.3 Å². The molecule has 0 fully saturated rings. The summed E-state index contributed by atoms with van der Waals surface area (Å²) in [6.07, 6.45) is -1.27. The average molecular weight is 255 g/mol. The Labute approximate surface area is 104 Å². The summed E-state index contributed by atoms with van der Waals surface area (Å²) in [4.78, 5) is 22.8. The van der Waals surface area contributed by atoms with E-state index in [-0.39, 0.29) is 12.3 Å². The topological polar surface area (TPSA) is 77.8 Å². The smallest absolute Gasteiger partial charge is 0.408 e. The number of hydrogen-bond donors (Lipinski definition) is 3. The van der Waals surface area contributed by atoms with Crippen molar-refractivity contribution in [2.75, 3.05) is 5.75 Å². The molecule has 0 heterocycles. The van der Waals surface area contributed by atoms with Gasteiger partial charge in [-0.1, -0.05) is 30.3 Å². The van der Waals surface area contributed by atoms with Crippen molar-refractivity contribution in [3.8, 4) is 0 Å². The maximum Gasteiger partial charge on any atom is 0.408 e. The number of hydrogen-bond acceptors (Lipinski definition) is 3. The molecular formula is C11H13NO4S. The van der Waals surface area contributed by atoms with E-state index in [0.717, 1.165) is 10.5 Å². The number of thiol groups is 1. The Bertz CT molecular complexity index is 396. The predicted octanol–water partition coefficient (Wildman–Crippen LogP) is 1.55. The number of carbonyl (C=O) groups is 2. The van der Waals surface area contributed by atoms with Crippen LogP contribution in [0.4, 0.5) is 4.79 Å². The Morgan fingerprint density at radius 3 is 2.24 bits per heavy atom. The minimum absolute atomic E-state index is 0.0354. The first-order valence-electron chi connectivity index (χ1n) is 4.93. The van der Waals surface area contributed by atoms with Crippen LogP contribution < -0.4 is 0 Å². The lowest BCUT2D eigenvalue weighted by Crippen LogP contribution is -2.45. The summed E-state index contributed by atoms with van der Waals surface area (Å²) >= 11 is 3.87. The SMILES string of the molecule is O=C(O)[C@H](CS)N(Cc1ccccc1)C(=O)O. The highest BCUT2D eigenvalue weighted by Gasteiger charge is 2.28. The summed E-state index contributed by atoms with van der Waals surface area (Å²) in [5, 5.41) is 17.9. The standard InChI is InChI=1S/C11H13NO4S/c13-10(14)9(7-17)12(11(15)16)6-8-4-2-1-3-5-8/h1-5,9,17H,6-7H2,(H,13,14)(H,15,16)/t9-/m0/s1. The van der Waals surface area contributed by atoms with Crippen molar-refractivity contribution in [2.45, 2.75) is 12.6 Å². The van der Waals surface area contributed by atoms with Crippen LogP contribution >= 0.6 is 12.6 Å². The molecule has 2 N–H and O–H groups in total. The lowest BCUT2D eigenvalue weighted by Gasteiger charge is -2.24. The van der Waals surface area contributed by atoms with Gasteiger partial charge in [-0.05, 0) is 5.56 Å². The Morgan fingerprint density at radius 2 is 1.82 bits per heavy atom. The van der Waals surface area contributed by atoms with Crippen LogP contribution in [0.15, 0.2) is 30.3 Å². The number of amides is 1. The van der Waals surface area contributed by atoms with E-state index in [0.29, 0.717) is 0 Å². The van der Waals surface area contributed by atoms with E-state index in [1.807, 2.05) is 6.07 Å². The number of aliphatic carboxylic acids is 1. The van der Waals surface area contributed by atoms with Crippen LogP contribution in [0.5, 0.6) is 0 Å². The molecule has 0 spiro atoms. The molecule has 1 atom stereocenters. The fourth-order valence-corrected chi connectivity index (χ4v) is 1.75. The number of benzene rings is 1. The number of rotatable bonds is 5. The molecule has 0 aliphatic rings. The molecule has 0 radical (unpaired) electrons. The molecule has 0 aliphatic heterocycles. The molecule has 1 aromatic rings. The summed E-state index contributed by atoms with van der Waals surface area (Å²) < 4.78 is 0. The number of carboxylic acids is 1. The van der Waals surface area contributed by atoms with E-state index in [2.05, 4.69) is 12.6 Å². The normalized spacial score (nSPS) is 11.8. The molecule has 17 heavy (non-hydrogen) atoms. The average Bonchev–Trinajstić information content (AvgIpc) is 2.29. The molecular weight excluding hydrogens is 242 g/mol. The summed E-state index contributed by atoms with van der Waals surface area (Å²) in [6.45, 7) is 0.0354. The second kappa shape index (κ2) is 6.15. The Kier molecular flexibility index (Phi) is 4.84. The third kappa shape index (κ3) is 3.67.